The van der Waals surface area contributed by atoms with E-state index in [1.807, 2.05) is 0 Å². The van der Waals surface area contributed by atoms with E-state index >= 15 is 0 Å². The molecule has 1 aliphatic heterocycles. The van der Waals surface area contributed by atoms with Gasteiger partial charge in [-0.25, -0.2) is 8.42 Å². The number of anilines is 1. The van der Waals surface area contributed by atoms with Crippen molar-refractivity contribution in [1.82, 2.24) is 0 Å². The first kappa shape index (κ1) is 16.5. The Morgan fingerprint density at radius 3 is 2.30 bits per heavy atom. The summed E-state index contributed by atoms with van der Waals surface area (Å²) in [5.74, 6) is -0.0384. The van der Waals surface area contributed by atoms with Gasteiger partial charge in [0.1, 0.15) is 0 Å². The number of carbonyl (C=O) groups excluding carboxylic acids is 1. The summed E-state index contributed by atoms with van der Waals surface area (Å²) in [6.07, 6.45) is 6.67. The molecule has 3 rings (SSSR count). The molecule has 0 saturated heterocycles. The number of benzene rings is 1. The van der Waals surface area contributed by atoms with Crippen LogP contribution in [0.4, 0.5) is 5.69 Å². The molecule has 1 fully saturated rings. The molecule has 1 aliphatic carbocycles. The standard InChI is InChI=1S/C17H20ClNO3S/c18-14-6-8-15(9-7-14)19(16-10-11-23(21,22)12-16)17(20)13-4-2-1-3-5-13/h6-11,13,16H,1-5,12H2/t16-/m0/s1. The summed E-state index contributed by atoms with van der Waals surface area (Å²) in [7, 11) is -3.22. The maximum Gasteiger partial charge on any atom is 0.230 e. The zero-order valence-electron chi connectivity index (χ0n) is 12.8. The summed E-state index contributed by atoms with van der Waals surface area (Å²) < 4.78 is 23.6. The van der Waals surface area contributed by atoms with Crippen molar-refractivity contribution in [3.63, 3.8) is 0 Å². The largest absolute Gasteiger partial charge is 0.304 e. The molecule has 2 aliphatic rings. The number of sulfone groups is 1. The number of halogens is 1. The molecule has 1 aromatic rings. The van der Waals surface area contributed by atoms with E-state index in [9.17, 15) is 13.2 Å². The van der Waals surface area contributed by atoms with Gasteiger partial charge in [-0.15, -0.1) is 0 Å². The monoisotopic (exact) mass is 353 g/mol. The van der Waals surface area contributed by atoms with Gasteiger partial charge in [-0.05, 0) is 43.2 Å². The fraction of sp³-hybridized carbons (Fsp3) is 0.471. The lowest BCUT2D eigenvalue weighted by molar-refractivity contribution is -0.123. The van der Waals surface area contributed by atoms with Crippen molar-refractivity contribution in [2.45, 2.75) is 38.1 Å². The van der Waals surface area contributed by atoms with Crippen LogP contribution >= 0.6 is 11.6 Å². The number of carbonyl (C=O) groups is 1. The normalized spacial score (nSPS) is 23.8. The second kappa shape index (κ2) is 6.65. The van der Waals surface area contributed by atoms with Gasteiger partial charge in [0.15, 0.2) is 9.84 Å². The van der Waals surface area contributed by atoms with Gasteiger partial charge in [-0.2, -0.15) is 0 Å². The Balaban J connectivity index is 1.91. The van der Waals surface area contributed by atoms with Crippen LogP contribution in [0.15, 0.2) is 35.7 Å². The third-order valence-electron chi connectivity index (χ3n) is 4.54. The van der Waals surface area contributed by atoms with Crippen LogP contribution < -0.4 is 4.90 Å². The van der Waals surface area contributed by atoms with E-state index < -0.39 is 15.9 Å². The molecule has 1 saturated carbocycles. The SMILES string of the molecule is O=C(C1CCCCC1)N(c1ccc(Cl)cc1)[C@H]1C=CS(=O)(=O)C1. The first-order valence-corrected chi connectivity index (χ1v) is 10.1. The molecule has 124 valence electrons. The third kappa shape index (κ3) is 3.78. The molecule has 23 heavy (non-hydrogen) atoms. The van der Waals surface area contributed by atoms with Crippen molar-refractivity contribution in [3.8, 4) is 0 Å². The van der Waals surface area contributed by atoms with Crippen LogP contribution in [0.1, 0.15) is 32.1 Å². The zero-order chi connectivity index (χ0) is 16.4. The number of nitrogens with zero attached hydrogens (tertiary/aromatic N) is 1. The van der Waals surface area contributed by atoms with Crippen molar-refractivity contribution < 1.29 is 13.2 Å². The molecule has 0 radical (unpaired) electrons. The van der Waals surface area contributed by atoms with Crippen LogP contribution in [0.25, 0.3) is 0 Å². The molecule has 1 atom stereocenters. The molecule has 6 heteroatoms. The summed E-state index contributed by atoms with van der Waals surface area (Å²) in [4.78, 5) is 14.7. The highest BCUT2D eigenvalue weighted by Crippen LogP contribution is 2.31. The lowest BCUT2D eigenvalue weighted by Gasteiger charge is -2.32. The topological polar surface area (TPSA) is 54.5 Å². The van der Waals surface area contributed by atoms with Crippen LogP contribution in [0.2, 0.25) is 5.02 Å². The second-order valence-corrected chi connectivity index (χ2v) is 8.61. The first-order valence-electron chi connectivity index (χ1n) is 7.96. The fourth-order valence-corrected chi connectivity index (χ4v) is 4.74. The van der Waals surface area contributed by atoms with Crippen molar-refractivity contribution in [1.29, 1.82) is 0 Å². The second-order valence-electron chi connectivity index (χ2n) is 6.24. The quantitative estimate of drug-likeness (QED) is 0.834. The predicted molar refractivity (Wildman–Crippen MR) is 92.2 cm³/mol. The molecule has 1 heterocycles. The van der Waals surface area contributed by atoms with Gasteiger partial charge >= 0.3 is 0 Å². The van der Waals surface area contributed by atoms with Gasteiger partial charge in [0.25, 0.3) is 0 Å². The highest BCUT2D eigenvalue weighted by atomic mass is 35.5. The van der Waals surface area contributed by atoms with E-state index in [1.54, 1.807) is 35.2 Å². The van der Waals surface area contributed by atoms with Gasteiger partial charge in [-0.3, -0.25) is 4.79 Å². The Kier molecular flexibility index (Phi) is 4.78. The van der Waals surface area contributed by atoms with E-state index in [-0.39, 0.29) is 17.6 Å². The minimum Gasteiger partial charge on any atom is -0.304 e. The zero-order valence-corrected chi connectivity index (χ0v) is 14.4. The van der Waals surface area contributed by atoms with Crippen molar-refractivity contribution in [3.05, 3.63) is 40.8 Å². The maximum absolute atomic E-state index is 13.0. The summed E-state index contributed by atoms with van der Waals surface area (Å²) in [5, 5.41) is 1.81. The number of hydrogen-bond donors (Lipinski definition) is 0. The Hall–Kier alpha value is -1.33. The van der Waals surface area contributed by atoms with Gasteiger partial charge in [0, 0.05) is 22.0 Å². The van der Waals surface area contributed by atoms with Gasteiger partial charge in [0.2, 0.25) is 5.91 Å². The van der Waals surface area contributed by atoms with Crippen LogP contribution in [0.5, 0.6) is 0 Å². The smallest absolute Gasteiger partial charge is 0.230 e. The van der Waals surface area contributed by atoms with Gasteiger partial charge in [-0.1, -0.05) is 30.9 Å². The molecule has 1 aromatic carbocycles. The average Bonchev–Trinajstić information content (AvgIpc) is 2.90. The molecular formula is C17H20ClNO3S. The first-order chi connectivity index (χ1) is 11.0. The summed E-state index contributed by atoms with van der Waals surface area (Å²) in [5.41, 5.74) is 0.705. The van der Waals surface area contributed by atoms with Crippen LogP contribution in [0, 0.1) is 5.92 Å². The lowest BCUT2D eigenvalue weighted by atomic mass is 9.88. The van der Waals surface area contributed by atoms with Gasteiger partial charge in [0.05, 0.1) is 11.8 Å². The van der Waals surface area contributed by atoms with Crippen LogP contribution in [-0.4, -0.2) is 26.1 Å². The Morgan fingerprint density at radius 1 is 1.09 bits per heavy atom. The molecule has 1 amide bonds. The summed E-state index contributed by atoms with van der Waals surface area (Å²) in [6.45, 7) is 0. The minimum atomic E-state index is -3.22. The van der Waals surface area contributed by atoms with E-state index in [2.05, 4.69) is 0 Å². The molecule has 4 nitrogen and oxygen atoms in total. The third-order valence-corrected chi connectivity index (χ3v) is 6.17. The minimum absolute atomic E-state index is 0.0175. The molecular weight excluding hydrogens is 334 g/mol. The van der Waals surface area contributed by atoms with E-state index in [0.29, 0.717) is 10.7 Å². The molecule has 0 aromatic heterocycles. The van der Waals surface area contributed by atoms with Crippen molar-refractivity contribution in [2.75, 3.05) is 10.7 Å². The molecule has 0 unspecified atom stereocenters. The number of hydrogen-bond acceptors (Lipinski definition) is 3. The van der Waals surface area contributed by atoms with Crippen molar-refractivity contribution >= 4 is 33.0 Å². The summed E-state index contributed by atoms with van der Waals surface area (Å²) >= 11 is 5.94. The Labute approximate surface area is 142 Å². The molecule has 0 N–H and O–H groups in total. The highest BCUT2D eigenvalue weighted by Gasteiger charge is 2.35. The maximum atomic E-state index is 13.0. The highest BCUT2D eigenvalue weighted by molar-refractivity contribution is 7.94. The fourth-order valence-electron chi connectivity index (χ4n) is 3.35. The van der Waals surface area contributed by atoms with E-state index in [4.69, 9.17) is 11.6 Å². The Bertz CT molecular complexity index is 706. The summed E-state index contributed by atoms with van der Waals surface area (Å²) in [6, 6.07) is 6.58. The average molecular weight is 354 g/mol. The van der Waals surface area contributed by atoms with E-state index in [0.717, 1.165) is 25.7 Å². The lowest BCUT2D eigenvalue weighted by Crippen LogP contribution is -2.44. The van der Waals surface area contributed by atoms with Crippen LogP contribution in [-0.2, 0) is 14.6 Å². The van der Waals surface area contributed by atoms with Crippen LogP contribution in [0.3, 0.4) is 0 Å². The van der Waals surface area contributed by atoms with Gasteiger partial charge < -0.3 is 4.90 Å². The number of rotatable bonds is 3. The number of amides is 1. The van der Waals surface area contributed by atoms with E-state index in [1.165, 1.54) is 11.8 Å². The Morgan fingerprint density at radius 2 is 1.74 bits per heavy atom. The molecule has 0 spiro atoms. The van der Waals surface area contributed by atoms with Crippen molar-refractivity contribution in [2.24, 2.45) is 5.92 Å². The predicted octanol–water partition coefficient (Wildman–Crippen LogP) is 3.56. The molecule has 0 bridgehead atoms.